The predicted molar refractivity (Wildman–Crippen MR) is 81.1 cm³/mol. The van der Waals surface area contributed by atoms with Gasteiger partial charge in [-0.05, 0) is 24.6 Å². The third kappa shape index (κ3) is 5.74. The van der Waals surface area contributed by atoms with E-state index in [4.69, 9.17) is 9.47 Å². The molecule has 0 spiro atoms. The van der Waals surface area contributed by atoms with Crippen molar-refractivity contribution >= 4 is 12.1 Å². The van der Waals surface area contributed by atoms with Crippen molar-refractivity contribution in [3.8, 4) is 0 Å². The minimum Gasteiger partial charge on any atom is -0.458 e. The standard InChI is InChI=1S/C16H17N3O4/c1-12(15(20)22-11-14-8-5-9-17-19-14)18-16(21)23-10-13-6-3-2-4-7-13/h2-9,12H,10-11H2,1H3,(H,18,21)/t12-/m0/s1. The lowest BCUT2D eigenvalue weighted by molar-refractivity contribution is -0.147. The van der Waals surface area contributed by atoms with E-state index in [-0.39, 0.29) is 13.2 Å². The Morgan fingerprint density at radius 2 is 1.87 bits per heavy atom. The smallest absolute Gasteiger partial charge is 0.408 e. The Morgan fingerprint density at radius 3 is 2.57 bits per heavy atom. The monoisotopic (exact) mass is 315 g/mol. The maximum Gasteiger partial charge on any atom is 0.408 e. The highest BCUT2D eigenvalue weighted by atomic mass is 16.6. The molecule has 1 atom stereocenters. The number of nitrogens with zero attached hydrogens (tertiary/aromatic N) is 2. The molecule has 0 saturated heterocycles. The number of hydrogen-bond donors (Lipinski definition) is 1. The van der Waals surface area contributed by atoms with Crippen LogP contribution in [0.3, 0.4) is 0 Å². The number of ether oxygens (including phenoxy) is 2. The summed E-state index contributed by atoms with van der Waals surface area (Å²) in [6.45, 7) is 1.65. The van der Waals surface area contributed by atoms with Crippen molar-refractivity contribution in [3.05, 3.63) is 59.9 Å². The van der Waals surface area contributed by atoms with Crippen LogP contribution in [-0.4, -0.2) is 28.3 Å². The number of carbonyl (C=O) groups excluding carboxylic acids is 2. The van der Waals surface area contributed by atoms with E-state index >= 15 is 0 Å². The zero-order chi connectivity index (χ0) is 16.5. The second kappa shape index (κ2) is 8.47. The van der Waals surface area contributed by atoms with Gasteiger partial charge < -0.3 is 14.8 Å². The minimum absolute atomic E-state index is 0.00223. The minimum atomic E-state index is -0.824. The van der Waals surface area contributed by atoms with Gasteiger partial charge in [0.25, 0.3) is 0 Å². The number of alkyl carbamates (subject to hydrolysis) is 1. The normalized spacial score (nSPS) is 11.3. The van der Waals surface area contributed by atoms with Crippen LogP contribution in [0.2, 0.25) is 0 Å². The van der Waals surface area contributed by atoms with E-state index in [2.05, 4.69) is 15.5 Å². The van der Waals surface area contributed by atoms with Crippen LogP contribution in [0.1, 0.15) is 18.2 Å². The van der Waals surface area contributed by atoms with E-state index in [1.54, 1.807) is 12.1 Å². The van der Waals surface area contributed by atoms with E-state index in [1.807, 2.05) is 30.3 Å². The topological polar surface area (TPSA) is 90.4 Å². The summed E-state index contributed by atoms with van der Waals surface area (Å²) in [7, 11) is 0. The fourth-order valence-corrected chi connectivity index (χ4v) is 1.68. The van der Waals surface area contributed by atoms with Crippen molar-refractivity contribution < 1.29 is 19.1 Å². The molecule has 1 aromatic heterocycles. The summed E-state index contributed by atoms with van der Waals surface area (Å²) < 4.78 is 10.1. The van der Waals surface area contributed by atoms with Gasteiger partial charge in [0.15, 0.2) is 0 Å². The average molecular weight is 315 g/mol. The quantitative estimate of drug-likeness (QED) is 0.818. The van der Waals surface area contributed by atoms with Crippen LogP contribution in [0.15, 0.2) is 48.7 Å². The lowest BCUT2D eigenvalue weighted by Gasteiger charge is -2.13. The number of nitrogens with one attached hydrogen (secondary N) is 1. The molecule has 23 heavy (non-hydrogen) atoms. The molecule has 0 unspecified atom stereocenters. The average Bonchev–Trinajstić information content (AvgIpc) is 2.59. The Kier molecular flexibility index (Phi) is 6.05. The first kappa shape index (κ1) is 16.4. The molecular formula is C16H17N3O4. The third-order valence-corrected chi connectivity index (χ3v) is 2.89. The molecule has 2 rings (SSSR count). The second-order valence-corrected chi connectivity index (χ2v) is 4.75. The number of carbonyl (C=O) groups is 2. The van der Waals surface area contributed by atoms with Crippen LogP contribution >= 0.6 is 0 Å². The molecule has 0 saturated carbocycles. The first-order chi connectivity index (χ1) is 11.1. The van der Waals surface area contributed by atoms with E-state index in [0.29, 0.717) is 5.69 Å². The molecule has 1 heterocycles. The van der Waals surface area contributed by atoms with Crippen LogP contribution in [0.5, 0.6) is 0 Å². The zero-order valence-corrected chi connectivity index (χ0v) is 12.6. The maximum absolute atomic E-state index is 11.8. The molecule has 0 radical (unpaired) electrons. The van der Waals surface area contributed by atoms with Crippen molar-refractivity contribution in [1.29, 1.82) is 0 Å². The lowest BCUT2D eigenvalue weighted by Crippen LogP contribution is -2.39. The SMILES string of the molecule is C[C@H](NC(=O)OCc1ccccc1)C(=O)OCc1cccnn1. The Hall–Kier alpha value is -2.96. The van der Waals surface area contributed by atoms with Crippen molar-refractivity contribution in [2.75, 3.05) is 0 Å². The van der Waals surface area contributed by atoms with E-state index in [9.17, 15) is 9.59 Å². The van der Waals surface area contributed by atoms with Crippen LogP contribution in [0.25, 0.3) is 0 Å². The van der Waals surface area contributed by atoms with Crippen LogP contribution in [0.4, 0.5) is 4.79 Å². The third-order valence-electron chi connectivity index (χ3n) is 2.89. The lowest BCUT2D eigenvalue weighted by atomic mass is 10.2. The molecule has 2 aromatic rings. The fourth-order valence-electron chi connectivity index (χ4n) is 1.68. The van der Waals surface area contributed by atoms with Crippen molar-refractivity contribution in [1.82, 2.24) is 15.5 Å². The Balaban J connectivity index is 1.71. The van der Waals surface area contributed by atoms with Gasteiger partial charge in [-0.3, -0.25) is 0 Å². The molecule has 1 N–H and O–H groups in total. The van der Waals surface area contributed by atoms with Crippen molar-refractivity contribution in [2.45, 2.75) is 26.2 Å². The molecular weight excluding hydrogens is 298 g/mol. The highest BCUT2D eigenvalue weighted by molar-refractivity contribution is 5.80. The Morgan fingerprint density at radius 1 is 1.09 bits per heavy atom. The molecule has 120 valence electrons. The van der Waals surface area contributed by atoms with Gasteiger partial charge in [0, 0.05) is 6.20 Å². The zero-order valence-electron chi connectivity index (χ0n) is 12.6. The fraction of sp³-hybridized carbons (Fsp3) is 0.250. The van der Waals surface area contributed by atoms with E-state index < -0.39 is 18.1 Å². The van der Waals surface area contributed by atoms with Gasteiger partial charge in [0.2, 0.25) is 0 Å². The maximum atomic E-state index is 11.8. The molecule has 0 aliphatic carbocycles. The number of aromatic nitrogens is 2. The van der Waals surface area contributed by atoms with Gasteiger partial charge in [0.05, 0.1) is 0 Å². The molecule has 7 heteroatoms. The van der Waals surface area contributed by atoms with Crippen molar-refractivity contribution in [3.63, 3.8) is 0 Å². The van der Waals surface area contributed by atoms with Gasteiger partial charge in [0.1, 0.15) is 24.9 Å². The Bertz CT molecular complexity index is 634. The van der Waals surface area contributed by atoms with Crippen LogP contribution in [0, 0.1) is 0 Å². The van der Waals surface area contributed by atoms with E-state index in [1.165, 1.54) is 13.1 Å². The van der Waals surface area contributed by atoms with Crippen molar-refractivity contribution in [2.24, 2.45) is 0 Å². The summed E-state index contributed by atoms with van der Waals surface area (Å²) in [5, 5.41) is 9.89. The number of benzene rings is 1. The van der Waals surface area contributed by atoms with Gasteiger partial charge in [-0.25, -0.2) is 9.59 Å². The first-order valence-corrected chi connectivity index (χ1v) is 7.05. The summed E-state index contributed by atoms with van der Waals surface area (Å²) in [6, 6.07) is 11.8. The van der Waals surface area contributed by atoms with Gasteiger partial charge in [-0.15, -0.1) is 0 Å². The molecule has 0 bridgehead atoms. The summed E-state index contributed by atoms with van der Waals surface area (Å²) in [5.74, 6) is -0.577. The number of esters is 1. The molecule has 1 aromatic carbocycles. The van der Waals surface area contributed by atoms with Gasteiger partial charge >= 0.3 is 12.1 Å². The predicted octanol–water partition coefficient (Wildman–Crippen LogP) is 1.83. The summed E-state index contributed by atoms with van der Waals surface area (Å²) >= 11 is 0. The molecule has 0 aliphatic rings. The first-order valence-electron chi connectivity index (χ1n) is 7.05. The molecule has 0 fully saturated rings. The highest BCUT2D eigenvalue weighted by Gasteiger charge is 2.18. The summed E-state index contributed by atoms with van der Waals surface area (Å²) in [6.07, 6.45) is 0.843. The van der Waals surface area contributed by atoms with Crippen LogP contribution < -0.4 is 5.32 Å². The van der Waals surface area contributed by atoms with Crippen LogP contribution in [-0.2, 0) is 27.5 Å². The number of amides is 1. The molecule has 1 amide bonds. The largest absolute Gasteiger partial charge is 0.458 e. The summed E-state index contributed by atoms with van der Waals surface area (Å²) in [4.78, 5) is 23.4. The number of hydrogen-bond acceptors (Lipinski definition) is 6. The van der Waals surface area contributed by atoms with E-state index in [0.717, 1.165) is 5.56 Å². The van der Waals surface area contributed by atoms with Gasteiger partial charge in [-0.2, -0.15) is 10.2 Å². The highest BCUT2D eigenvalue weighted by Crippen LogP contribution is 2.01. The summed E-state index contributed by atoms with van der Waals surface area (Å²) in [5.41, 5.74) is 1.39. The second-order valence-electron chi connectivity index (χ2n) is 4.75. The van der Waals surface area contributed by atoms with Gasteiger partial charge in [-0.1, -0.05) is 30.3 Å². The molecule has 7 nitrogen and oxygen atoms in total. The number of rotatable bonds is 6. The Labute approximate surface area is 133 Å². The molecule has 0 aliphatic heterocycles.